The molecule has 126 valence electrons. The first kappa shape index (κ1) is 17.1. The summed E-state index contributed by atoms with van der Waals surface area (Å²) in [4.78, 5) is 3.65. The van der Waals surface area contributed by atoms with Crippen LogP contribution in [0.3, 0.4) is 0 Å². The zero-order valence-electron chi connectivity index (χ0n) is 14.7. The van der Waals surface area contributed by atoms with Crippen LogP contribution in [0.5, 0.6) is 0 Å². The van der Waals surface area contributed by atoms with Crippen LogP contribution in [0.25, 0.3) is 22.2 Å². The van der Waals surface area contributed by atoms with Crippen molar-refractivity contribution in [2.24, 2.45) is 5.73 Å². The van der Waals surface area contributed by atoms with Gasteiger partial charge in [-0.25, -0.2) is 0 Å². The molecule has 3 N–H and O–H groups in total. The van der Waals surface area contributed by atoms with E-state index in [2.05, 4.69) is 50.0 Å². The molecule has 0 radical (unpaired) electrons. The number of nitrogens with one attached hydrogen (secondary N) is 1. The van der Waals surface area contributed by atoms with Crippen LogP contribution >= 0.6 is 11.6 Å². The molecule has 0 spiro atoms. The largest absolute Gasteiger partial charge is 0.354 e. The highest BCUT2D eigenvalue weighted by Crippen LogP contribution is 2.36. The van der Waals surface area contributed by atoms with E-state index in [0.717, 1.165) is 36.3 Å². The maximum absolute atomic E-state index is 6.26. The maximum atomic E-state index is 6.26. The van der Waals surface area contributed by atoms with Crippen molar-refractivity contribution in [1.29, 1.82) is 0 Å². The number of H-pyrrole nitrogens is 1. The van der Waals surface area contributed by atoms with Gasteiger partial charge in [-0.15, -0.1) is 0 Å². The van der Waals surface area contributed by atoms with E-state index in [4.69, 9.17) is 17.3 Å². The Morgan fingerprint density at radius 1 is 1.00 bits per heavy atom. The van der Waals surface area contributed by atoms with Crippen LogP contribution in [-0.2, 0) is 6.42 Å². The van der Waals surface area contributed by atoms with Gasteiger partial charge in [0, 0.05) is 21.5 Å². The van der Waals surface area contributed by atoms with Crippen molar-refractivity contribution in [3.63, 3.8) is 0 Å². The normalized spacial score (nSPS) is 11.4. The molecule has 2 nitrogen and oxygen atoms in total. The van der Waals surface area contributed by atoms with Gasteiger partial charge in [0.25, 0.3) is 0 Å². The average Bonchev–Trinajstić information content (AvgIpc) is 2.84. The van der Waals surface area contributed by atoms with E-state index in [1.807, 2.05) is 6.07 Å². The third kappa shape index (κ3) is 3.22. The molecule has 1 aromatic heterocycles. The maximum Gasteiger partial charge on any atom is 0.0502 e. The quantitative estimate of drug-likeness (QED) is 0.575. The van der Waals surface area contributed by atoms with Crippen LogP contribution in [0.2, 0.25) is 5.02 Å². The molecule has 0 aliphatic rings. The molecule has 0 saturated heterocycles. The van der Waals surface area contributed by atoms with E-state index in [1.54, 1.807) is 0 Å². The number of aryl methyl sites for hydroxylation is 4. The third-order valence-corrected chi connectivity index (χ3v) is 4.91. The number of fused-ring (bicyclic) bond motifs is 1. The summed E-state index contributed by atoms with van der Waals surface area (Å²) in [6.45, 7) is 7.27. The summed E-state index contributed by atoms with van der Waals surface area (Å²) in [5, 5.41) is 2.01. The zero-order chi connectivity index (χ0) is 17.3. The van der Waals surface area contributed by atoms with E-state index in [1.165, 1.54) is 38.9 Å². The van der Waals surface area contributed by atoms with E-state index in [0.29, 0.717) is 0 Å². The van der Waals surface area contributed by atoms with Crippen molar-refractivity contribution >= 4 is 22.5 Å². The lowest BCUT2D eigenvalue weighted by atomic mass is 9.93. The highest BCUT2D eigenvalue weighted by molar-refractivity contribution is 6.31. The summed E-state index contributed by atoms with van der Waals surface area (Å²) in [7, 11) is 0. The highest BCUT2D eigenvalue weighted by Gasteiger charge is 2.17. The number of hydrogen-bond acceptors (Lipinski definition) is 1. The Balaban J connectivity index is 2.21. The van der Waals surface area contributed by atoms with Crippen molar-refractivity contribution in [2.75, 3.05) is 6.54 Å². The smallest absolute Gasteiger partial charge is 0.0502 e. The van der Waals surface area contributed by atoms with E-state index in [-0.39, 0.29) is 0 Å². The molecule has 2 aromatic carbocycles. The minimum Gasteiger partial charge on any atom is -0.354 e. The highest BCUT2D eigenvalue weighted by atomic mass is 35.5. The lowest BCUT2D eigenvalue weighted by molar-refractivity contribution is 0.748. The average molecular weight is 341 g/mol. The molecule has 1 heterocycles. The Labute approximate surface area is 149 Å². The standard InChI is InChI=1S/C21H25ClN2/c1-13-10-14(2)20(15(3)11-13)21-17(6-4-5-9-23)18-12-16(22)7-8-19(18)24-21/h7-8,10-12,24H,4-6,9,23H2,1-3H3. The molecule has 0 amide bonds. The topological polar surface area (TPSA) is 41.8 Å². The molecule has 0 fully saturated rings. The molecule has 0 aliphatic carbocycles. The Morgan fingerprint density at radius 2 is 1.71 bits per heavy atom. The van der Waals surface area contributed by atoms with Crippen molar-refractivity contribution < 1.29 is 0 Å². The van der Waals surface area contributed by atoms with Crippen LogP contribution < -0.4 is 5.73 Å². The molecular weight excluding hydrogens is 316 g/mol. The van der Waals surface area contributed by atoms with Gasteiger partial charge in [0.15, 0.2) is 0 Å². The van der Waals surface area contributed by atoms with Crippen molar-refractivity contribution in [2.45, 2.75) is 40.0 Å². The molecule has 0 aliphatic heterocycles. The number of rotatable bonds is 5. The minimum absolute atomic E-state index is 0.737. The Hall–Kier alpha value is -1.77. The Morgan fingerprint density at radius 3 is 2.38 bits per heavy atom. The fourth-order valence-electron chi connectivity index (χ4n) is 3.71. The predicted octanol–water partition coefficient (Wildman–Crippen LogP) is 5.69. The molecule has 24 heavy (non-hydrogen) atoms. The summed E-state index contributed by atoms with van der Waals surface area (Å²) in [6.07, 6.45) is 3.14. The molecule has 3 rings (SSSR count). The number of aromatic amines is 1. The molecule has 0 saturated carbocycles. The first-order valence-corrected chi connectivity index (χ1v) is 8.97. The first-order chi connectivity index (χ1) is 11.5. The Bertz CT molecular complexity index is 854. The van der Waals surface area contributed by atoms with Crippen molar-refractivity contribution in [3.8, 4) is 11.3 Å². The monoisotopic (exact) mass is 340 g/mol. The number of unbranched alkanes of at least 4 members (excludes halogenated alkanes) is 1. The Kier molecular flexibility index (Phi) is 4.98. The van der Waals surface area contributed by atoms with Gasteiger partial charge in [0.1, 0.15) is 0 Å². The van der Waals surface area contributed by atoms with Crippen LogP contribution in [0.1, 0.15) is 35.1 Å². The number of hydrogen-bond donors (Lipinski definition) is 2. The molecule has 0 unspecified atom stereocenters. The second-order valence-corrected chi connectivity index (χ2v) is 7.12. The fourth-order valence-corrected chi connectivity index (χ4v) is 3.89. The van der Waals surface area contributed by atoms with Crippen molar-refractivity contribution in [1.82, 2.24) is 4.98 Å². The van der Waals surface area contributed by atoms with Gasteiger partial charge in [-0.05, 0) is 81.5 Å². The lowest BCUT2D eigenvalue weighted by Gasteiger charge is -2.13. The lowest BCUT2D eigenvalue weighted by Crippen LogP contribution is -2.00. The molecule has 3 aromatic rings. The van der Waals surface area contributed by atoms with E-state index in [9.17, 15) is 0 Å². The summed E-state index contributed by atoms with van der Waals surface area (Å²) < 4.78 is 0. The fraction of sp³-hybridized carbons (Fsp3) is 0.333. The number of aromatic nitrogens is 1. The van der Waals surface area contributed by atoms with Crippen LogP contribution in [-0.4, -0.2) is 11.5 Å². The number of nitrogens with two attached hydrogens (primary N) is 1. The van der Waals surface area contributed by atoms with Crippen LogP contribution in [0, 0.1) is 20.8 Å². The van der Waals surface area contributed by atoms with Crippen LogP contribution in [0.4, 0.5) is 0 Å². The van der Waals surface area contributed by atoms with Gasteiger partial charge in [0.2, 0.25) is 0 Å². The molecule has 0 bridgehead atoms. The molecule has 0 atom stereocenters. The summed E-state index contributed by atoms with van der Waals surface area (Å²) in [5.41, 5.74) is 14.7. The van der Waals surface area contributed by atoms with Gasteiger partial charge < -0.3 is 10.7 Å². The van der Waals surface area contributed by atoms with Crippen molar-refractivity contribution in [3.05, 3.63) is 57.6 Å². The second-order valence-electron chi connectivity index (χ2n) is 6.69. The summed E-state index contributed by atoms with van der Waals surface area (Å²) in [5.74, 6) is 0. The minimum atomic E-state index is 0.737. The van der Waals surface area contributed by atoms with Crippen LogP contribution in [0.15, 0.2) is 30.3 Å². The van der Waals surface area contributed by atoms with Gasteiger partial charge >= 0.3 is 0 Å². The number of benzene rings is 2. The van der Waals surface area contributed by atoms with Gasteiger partial charge in [-0.1, -0.05) is 29.3 Å². The summed E-state index contributed by atoms with van der Waals surface area (Å²) >= 11 is 6.26. The van der Waals surface area contributed by atoms with Gasteiger partial charge in [-0.2, -0.15) is 0 Å². The predicted molar refractivity (Wildman–Crippen MR) is 105 cm³/mol. The summed E-state index contributed by atoms with van der Waals surface area (Å²) in [6, 6.07) is 10.6. The first-order valence-electron chi connectivity index (χ1n) is 8.59. The SMILES string of the molecule is Cc1cc(C)c(-c2[nH]c3ccc(Cl)cc3c2CCCCN)c(C)c1. The molecular formula is C21H25ClN2. The third-order valence-electron chi connectivity index (χ3n) is 4.68. The van der Waals surface area contributed by atoms with E-state index < -0.39 is 0 Å². The van der Waals surface area contributed by atoms with E-state index >= 15 is 0 Å². The zero-order valence-corrected chi connectivity index (χ0v) is 15.4. The molecule has 3 heteroatoms. The van der Waals surface area contributed by atoms with Gasteiger partial charge in [-0.3, -0.25) is 0 Å². The van der Waals surface area contributed by atoms with Gasteiger partial charge in [0.05, 0.1) is 5.69 Å². The second kappa shape index (κ2) is 7.00. The number of halogens is 1.